The normalized spacial score (nSPS) is 10.0. The summed E-state index contributed by atoms with van der Waals surface area (Å²) in [5.41, 5.74) is 5.57. The van der Waals surface area contributed by atoms with Crippen molar-refractivity contribution >= 4 is 8.07 Å². The smallest absolute Gasteiger partial charge is 0.0696 e. The zero-order valence-electron chi connectivity index (χ0n) is 4.49. The molecule has 0 atom stereocenters. The van der Waals surface area contributed by atoms with Crippen LogP contribution in [-0.2, 0) is 0 Å². The quantitative estimate of drug-likeness (QED) is 0.524. The third-order valence-corrected chi connectivity index (χ3v) is 2.72. The molecule has 0 unspecified atom stereocenters. The van der Waals surface area contributed by atoms with Crippen molar-refractivity contribution in [3.63, 3.8) is 0 Å². The van der Waals surface area contributed by atoms with Crippen LogP contribution >= 0.6 is 8.07 Å². The van der Waals surface area contributed by atoms with Gasteiger partial charge in [-0.1, -0.05) is 0 Å². The van der Waals surface area contributed by atoms with E-state index in [-0.39, 0.29) is 8.07 Å². The molecule has 0 amide bonds. The van der Waals surface area contributed by atoms with Gasteiger partial charge in [-0.25, -0.2) is 5.50 Å². The van der Waals surface area contributed by atoms with Gasteiger partial charge in [-0.15, -0.1) is 0 Å². The molecule has 0 saturated carbocycles. The van der Waals surface area contributed by atoms with Crippen molar-refractivity contribution in [1.29, 1.82) is 0 Å². The summed E-state index contributed by atoms with van der Waals surface area (Å²) in [6.07, 6.45) is 2.42. The third kappa shape index (κ3) is 2.62. The largest absolute Gasteiger partial charge is 0.207 e. The summed E-state index contributed by atoms with van der Waals surface area (Å²) in [5.74, 6) is 0. The van der Waals surface area contributed by atoms with Crippen LogP contribution in [0, 0.1) is 0 Å². The standard InChI is InChI=1S/C4H12NP/c1-3-6(5)4-2/h3-5H2,1-2H3/p+1. The van der Waals surface area contributed by atoms with Gasteiger partial charge in [-0.05, 0) is 13.8 Å². The third-order valence-electron chi connectivity index (χ3n) is 0.908. The van der Waals surface area contributed by atoms with Crippen molar-refractivity contribution in [2.75, 3.05) is 12.3 Å². The predicted octanol–water partition coefficient (Wildman–Crippen LogP) is 1.11. The highest BCUT2D eigenvalue weighted by Crippen LogP contribution is 2.21. The van der Waals surface area contributed by atoms with Gasteiger partial charge in [0.15, 0.2) is 0 Å². The molecule has 2 N–H and O–H groups in total. The van der Waals surface area contributed by atoms with Crippen molar-refractivity contribution in [2.24, 2.45) is 5.50 Å². The molecule has 0 radical (unpaired) electrons. The van der Waals surface area contributed by atoms with Crippen LogP contribution in [0.3, 0.4) is 0 Å². The maximum atomic E-state index is 5.57. The molecule has 0 aromatic rings. The molecule has 0 aromatic heterocycles. The summed E-state index contributed by atoms with van der Waals surface area (Å²) in [4.78, 5) is 0. The van der Waals surface area contributed by atoms with E-state index in [9.17, 15) is 0 Å². The molecule has 0 fully saturated rings. The minimum absolute atomic E-state index is 0.368. The van der Waals surface area contributed by atoms with E-state index in [2.05, 4.69) is 13.8 Å². The second-order valence-electron chi connectivity index (χ2n) is 1.37. The van der Waals surface area contributed by atoms with Crippen molar-refractivity contribution in [1.82, 2.24) is 0 Å². The molecule has 0 aliphatic heterocycles. The molecule has 0 spiro atoms. The lowest BCUT2D eigenvalue weighted by Crippen LogP contribution is -1.91. The Morgan fingerprint density at radius 1 is 1.33 bits per heavy atom. The van der Waals surface area contributed by atoms with Gasteiger partial charge >= 0.3 is 0 Å². The van der Waals surface area contributed by atoms with Gasteiger partial charge < -0.3 is 0 Å². The van der Waals surface area contributed by atoms with E-state index in [1.165, 1.54) is 12.3 Å². The maximum Gasteiger partial charge on any atom is 0.0696 e. The molecule has 0 aliphatic carbocycles. The van der Waals surface area contributed by atoms with Crippen LogP contribution in [0.2, 0.25) is 0 Å². The molecule has 0 rings (SSSR count). The van der Waals surface area contributed by atoms with E-state index >= 15 is 0 Å². The molecule has 1 nitrogen and oxygen atoms in total. The van der Waals surface area contributed by atoms with Crippen LogP contribution in [0.5, 0.6) is 0 Å². The van der Waals surface area contributed by atoms with E-state index in [4.69, 9.17) is 5.50 Å². The van der Waals surface area contributed by atoms with Crippen LogP contribution in [0.4, 0.5) is 0 Å². The van der Waals surface area contributed by atoms with Crippen LogP contribution in [-0.4, -0.2) is 12.3 Å². The topological polar surface area (TPSA) is 26.0 Å². The molecule has 0 bridgehead atoms. The van der Waals surface area contributed by atoms with Gasteiger partial charge in [0, 0.05) is 0 Å². The Morgan fingerprint density at radius 3 is 1.67 bits per heavy atom. The lowest BCUT2D eigenvalue weighted by molar-refractivity contribution is 1.39. The molecule has 0 aliphatic rings. The lowest BCUT2D eigenvalue weighted by Gasteiger charge is -1.91. The predicted molar refractivity (Wildman–Crippen MR) is 33.6 cm³/mol. The minimum Gasteiger partial charge on any atom is -0.207 e. The summed E-state index contributed by atoms with van der Waals surface area (Å²) in [7, 11) is -0.368. The first-order chi connectivity index (χ1) is 2.81. The van der Waals surface area contributed by atoms with Crippen LogP contribution in [0.15, 0.2) is 0 Å². The van der Waals surface area contributed by atoms with Crippen molar-refractivity contribution in [3.05, 3.63) is 0 Å². The molecule has 0 saturated heterocycles. The first kappa shape index (κ1) is 6.39. The molecular weight excluding hydrogens is 93.0 g/mol. The average Bonchev–Trinajstić information content (AvgIpc) is 1.65. The highest BCUT2D eigenvalue weighted by molar-refractivity contribution is 7.55. The van der Waals surface area contributed by atoms with Gasteiger partial charge in [0.2, 0.25) is 0 Å². The molecular formula is C4H13NP+. The first-order valence-corrected chi connectivity index (χ1v) is 4.40. The summed E-state index contributed by atoms with van der Waals surface area (Å²) >= 11 is 0. The Balaban J connectivity index is 2.75. The zero-order chi connectivity index (χ0) is 4.99. The Kier molecular flexibility index (Phi) is 3.81. The van der Waals surface area contributed by atoms with E-state index in [1.807, 2.05) is 0 Å². The Morgan fingerprint density at radius 2 is 1.67 bits per heavy atom. The van der Waals surface area contributed by atoms with Gasteiger partial charge in [0.1, 0.15) is 0 Å². The second-order valence-corrected chi connectivity index (χ2v) is 4.10. The summed E-state index contributed by atoms with van der Waals surface area (Å²) in [5, 5.41) is 0. The van der Waals surface area contributed by atoms with Crippen molar-refractivity contribution < 1.29 is 0 Å². The van der Waals surface area contributed by atoms with E-state index in [1.54, 1.807) is 0 Å². The Hall–Kier alpha value is 0.390. The molecule has 0 heterocycles. The molecule has 38 valence electrons. The maximum absolute atomic E-state index is 5.57. The van der Waals surface area contributed by atoms with Crippen molar-refractivity contribution in [2.45, 2.75) is 13.8 Å². The molecule has 2 heteroatoms. The van der Waals surface area contributed by atoms with Crippen LogP contribution in [0.1, 0.15) is 13.8 Å². The fourth-order valence-electron chi connectivity index (χ4n) is 0.250. The van der Waals surface area contributed by atoms with Gasteiger partial charge in [-0.2, -0.15) is 0 Å². The molecule has 6 heavy (non-hydrogen) atoms. The van der Waals surface area contributed by atoms with Gasteiger partial charge in [0.25, 0.3) is 0 Å². The SMILES string of the molecule is CC[PH+](N)CC. The van der Waals surface area contributed by atoms with E-state index in [0.29, 0.717) is 0 Å². The van der Waals surface area contributed by atoms with Gasteiger partial charge in [0.05, 0.1) is 20.4 Å². The zero-order valence-corrected chi connectivity index (χ0v) is 5.49. The highest BCUT2D eigenvalue weighted by atomic mass is 31.1. The van der Waals surface area contributed by atoms with Crippen molar-refractivity contribution in [3.8, 4) is 0 Å². The average molecular weight is 106 g/mol. The second kappa shape index (κ2) is 3.58. The monoisotopic (exact) mass is 106 g/mol. The minimum atomic E-state index is -0.368. The van der Waals surface area contributed by atoms with Crippen LogP contribution in [0.25, 0.3) is 0 Å². The first-order valence-electron chi connectivity index (χ1n) is 2.41. The molecule has 0 aromatic carbocycles. The Bertz CT molecular complexity index is 26.7. The van der Waals surface area contributed by atoms with Crippen LogP contribution < -0.4 is 5.50 Å². The van der Waals surface area contributed by atoms with E-state index in [0.717, 1.165) is 0 Å². The number of hydrogen-bond donors (Lipinski definition) is 1. The number of hydrogen-bond acceptors (Lipinski definition) is 1. The number of rotatable bonds is 2. The summed E-state index contributed by atoms with van der Waals surface area (Å²) < 4.78 is 0. The summed E-state index contributed by atoms with van der Waals surface area (Å²) in [6.45, 7) is 4.30. The summed E-state index contributed by atoms with van der Waals surface area (Å²) in [6, 6.07) is 0. The van der Waals surface area contributed by atoms with Gasteiger partial charge in [-0.3, -0.25) is 0 Å². The Labute approximate surface area is 40.7 Å². The van der Waals surface area contributed by atoms with E-state index < -0.39 is 0 Å². The highest BCUT2D eigenvalue weighted by Gasteiger charge is 1.96. The number of nitrogens with two attached hydrogens (primary N) is 1. The lowest BCUT2D eigenvalue weighted by atomic mass is 11.0. The fraction of sp³-hybridized carbons (Fsp3) is 1.00. The fourth-order valence-corrected chi connectivity index (χ4v) is 0.750.